The Kier molecular flexibility index (Phi) is 11.8. The molecule has 10 nitrogen and oxygen atoms in total. The first-order valence-corrected chi connectivity index (χ1v) is 13.1. The summed E-state index contributed by atoms with van der Waals surface area (Å²) in [5, 5.41) is 17.0. The summed E-state index contributed by atoms with van der Waals surface area (Å²) >= 11 is 0. The van der Waals surface area contributed by atoms with Crippen molar-refractivity contribution < 1.29 is 14.1 Å². The third-order valence-corrected chi connectivity index (χ3v) is 5.98. The zero-order valence-corrected chi connectivity index (χ0v) is 21.5. The van der Waals surface area contributed by atoms with Crippen molar-refractivity contribution in [3.63, 3.8) is 0 Å². The number of hydrogen-bond acceptors (Lipinski definition) is 7. The predicted octanol–water partition coefficient (Wildman–Crippen LogP) is 1.44. The topological polar surface area (TPSA) is 159 Å². The molecule has 2 aromatic rings. The fraction of sp³-hybridized carbons (Fsp3) is 0.458. The first-order chi connectivity index (χ1) is 16.7. The second kappa shape index (κ2) is 14.5. The average Bonchev–Trinajstić information content (AvgIpc) is 2.82. The summed E-state index contributed by atoms with van der Waals surface area (Å²) in [4.78, 5) is 16.6. The van der Waals surface area contributed by atoms with Crippen LogP contribution >= 0.6 is 0 Å². The number of hydrogen-bond donors (Lipinski definition) is 5. The predicted molar refractivity (Wildman–Crippen MR) is 139 cm³/mol. The molecule has 35 heavy (non-hydrogen) atoms. The third-order valence-electron chi connectivity index (χ3n) is 5.31. The number of aliphatic hydroxyl groups is 1. The van der Waals surface area contributed by atoms with Crippen LogP contribution in [-0.4, -0.2) is 50.5 Å². The average molecular weight is 504 g/mol. The van der Waals surface area contributed by atoms with E-state index in [1.807, 2.05) is 24.3 Å². The van der Waals surface area contributed by atoms with Crippen LogP contribution in [-0.2, 0) is 24.1 Å². The highest BCUT2D eigenvalue weighted by atomic mass is 32.2. The minimum absolute atomic E-state index is 0.0429. The molecule has 1 aliphatic carbocycles. The highest BCUT2D eigenvalue weighted by molar-refractivity contribution is 7.82. The summed E-state index contributed by atoms with van der Waals surface area (Å²) in [6, 6.07) is 11.2. The first-order valence-electron chi connectivity index (χ1n) is 11.6. The molecule has 0 radical (unpaired) electrons. The van der Waals surface area contributed by atoms with Gasteiger partial charge in [0.25, 0.3) is 5.91 Å². The Morgan fingerprint density at radius 3 is 2.54 bits per heavy atom. The molecular formula is C24H37N7O3S. The Labute approximate surface area is 209 Å². The van der Waals surface area contributed by atoms with Crippen molar-refractivity contribution in [1.29, 1.82) is 0 Å². The number of aromatic nitrogens is 1. The van der Waals surface area contributed by atoms with Gasteiger partial charge in [-0.1, -0.05) is 43.5 Å². The minimum Gasteiger partial charge on any atom is -0.392 e. The molecule has 1 aliphatic rings. The number of nitrogens with two attached hydrogens (primary N) is 2. The molecule has 1 aromatic carbocycles. The summed E-state index contributed by atoms with van der Waals surface area (Å²) < 4.78 is 13.8. The lowest BCUT2D eigenvalue weighted by Gasteiger charge is -2.20. The summed E-state index contributed by atoms with van der Waals surface area (Å²) in [5.41, 5.74) is 9.00. The minimum atomic E-state index is -0.813. The smallest absolute Gasteiger partial charge is 0.270 e. The number of carbonyl (C=O) groups is 1. The van der Waals surface area contributed by atoms with E-state index in [-0.39, 0.29) is 24.0 Å². The van der Waals surface area contributed by atoms with E-state index < -0.39 is 11.0 Å². The van der Waals surface area contributed by atoms with Crippen molar-refractivity contribution >= 4 is 22.7 Å². The molecule has 1 amide bonds. The fourth-order valence-electron chi connectivity index (χ4n) is 3.73. The second-order valence-electron chi connectivity index (χ2n) is 8.51. The van der Waals surface area contributed by atoms with Crippen LogP contribution in [0.25, 0.3) is 0 Å². The van der Waals surface area contributed by atoms with E-state index in [0.717, 1.165) is 16.2 Å². The monoisotopic (exact) mass is 503 g/mol. The van der Waals surface area contributed by atoms with E-state index in [1.165, 1.54) is 32.1 Å². The van der Waals surface area contributed by atoms with Gasteiger partial charge in [0.1, 0.15) is 5.69 Å². The number of amidine groups is 1. The Hall–Kier alpha value is -2.86. The molecule has 0 aliphatic heterocycles. The molecule has 0 spiro atoms. The van der Waals surface area contributed by atoms with E-state index in [4.69, 9.17) is 16.7 Å². The van der Waals surface area contributed by atoms with Gasteiger partial charge in [0.15, 0.2) is 5.84 Å². The highest BCUT2D eigenvalue weighted by Gasteiger charge is 2.13. The van der Waals surface area contributed by atoms with Gasteiger partial charge in [-0.25, -0.2) is 24.9 Å². The third kappa shape index (κ3) is 10.5. The van der Waals surface area contributed by atoms with E-state index in [1.54, 1.807) is 32.4 Å². The van der Waals surface area contributed by atoms with E-state index in [2.05, 4.69) is 20.1 Å². The first kappa shape index (κ1) is 28.4. The van der Waals surface area contributed by atoms with Crippen LogP contribution in [0.15, 0.2) is 41.5 Å². The normalized spacial score (nSPS) is 15.1. The molecule has 1 saturated carbocycles. The Morgan fingerprint density at radius 2 is 1.91 bits per heavy atom. The highest BCUT2D eigenvalue weighted by Crippen LogP contribution is 2.17. The number of carbonyl (C=O) groups excluding carboxylic acids is 1. The second-order valence-corrected chi connectivity index (χ2v) is 9.65. The molecule has 1 fully saturated rings. The largest absolute Gasteiger partial charge is 0.392 e. The molecule has 7 N–H and O–H groups in total. The number of hydrazone groups is 1. The molecule has 3 rings (SSSR count). The molecule has 11 heteroatoms. The Morgan fingerprint density at radius 1 is 1.23 bits per heavy atom. The lowest BCUT2D eigenvalue weighted by Crippen LogP contribution is -2.31. The van der Waals surface area contributed by atoms with Crippen LogP contribution in [0.3, 0.4) is 0 Å². The van der Waals surface area contributed by atoms with Crippen molar-refractivity contribution in [2.45, 2.75) is 58.2 Å². The molecule has 1 unspecified atom stereocenters. The quantitative estimate of drug-likeness (QED) is 0.158. The maximum Gasteiger partial charge on any atom is 0.270 e. The van der Waals surface area contributed by atoms with Gasteiger partial charge in [-0.3, -0.25) is 4.79 Å². The van der Waals surface area contributed by atoms with E-state index in [9.17, 15) is 9.00 Å². The standard InChI is InChI=1S/C17H22N6O2.C7H15NOS/c1-11-6-14(16(18)22-23(2)19)8-15(21-11)17(25)20-9-12-4-3-5-13(7-12)10-24;1-10(9)8-7-5-3-2-4-6-7/h3-8,24H,9-10,19H2,1-2H3,(H2,18,22)(H,20,25);7-8H,2-6H2,1H3. The van der Waals surface area contributed by atoms with Gasteiger partial charge in [0.2, 0.25) is 0 Å². The van der Waals surface area contributed by atoms with Crippen LogP contribution in [0.5, 0.6) is 0 Å². The van der Waals surface area contributed by atoms with Gasteiger partial charge < -0.3 is 16.2 Å². The molecule has 0 saturated heterocycles. The van der Waals surface area contributed by atoms with Crippen LogP contribution in [0.2, 0.25) is 0 Å². The number of hydrazine groups is 1. The number of benzene rings is 1. The van der Waals surface area contributed by atoms with Gasteiger partial charge >= 0.3 is 0 Å². The van der Waals surface area contributed by atoms with Gasteiger partial charge in [0.05, 0.1) is 17.6 Å². The van der Waals surface area contributed by atoms with Gasteiger partial charge in [0, 0.05) is 37.1 Å². The number of pyridine rings is 1. The zero-order valence-electron chi connectivity index (χ0n) is 20.7. The van der Waals surface area contributed by atoms with Crippen LogP contribution in [0.4, 0.5) is 0 Å². The van der Waals surface area contributed by atoms with Crippen molar-refractivity contribution in [2.24, 2.45) is 16.7 Å². The molecule has 0 bridgehead atoms. The number of rotatable bonds is 8. The number of amides is 1. The number of nitrogens with zero attached hydrogens (tertiary/aromatic N) is 3. The number of aliphatic hydroxyl groups excluding tert-OH is 1. The van der Waals surface area contributed by atoms with Crippen molar-refractivity contribution in [2.75, 3.05) is 13.3 Å². The number of nitrogens with one attached hydrogen (secondary N) is 2. The van der Waals surface area contributed by atoms with Gasteiger partial charge in [-0.05, 0) is 43.0 Å². The summed E-state index contributed by atoms with van der Waals surface area (Å²) in [5.74, 6) is 5.32. The lowest BCUT2D eigenvalue weighted by atomic mass is 9.96. The Bertz CT molecular complexity index is 1020. The van der Waals surface area contributed by atoms with Crippen molar-refractivity contribution in [3.05, 3.63) is 64.5 Å². The summed E-state index contributed by atoms with van der Waals surface area (Å²) in [6.45, 7) is 2.05. The van der Waals surface area contributed by atoms with Crippen molar-refractivity contribution in [3.8, 4) is 0 Å². The molecular weight excluding hydrogens is 466 g/mol. The maximum atomic E-state index is 12.4. The Balaban J connectivity index is 0.000000360. The fourth-order valence-corrected chi connectivity index (χ4v) is 4.43. The van der Waals surface area contributed by atoms with Crippen LogP contribution < -0.4 is 21.6 Å². The lowest BCUT2D eigenvalue weighted by molar-refractivity contribution is 0.0945. The molecule has 192 valence electrons. The van der Waals surface area contributed by atoms with Gasteiger partial charge in [-0.15, -0.1) is 5.10 Å². The van der Waals surface area contributed by atoms with E-state index in [0.29, 0.717) is 23.8 Å². The van der Waals surface area contributed by atoms with Gasteiger partial charge in [-0.2, -0.15) is 0 Å². The number of aryl methyl sites for hydroxylation is 1. The molecule has 1 heterocycles. The SMILES string of the molecule is CS(=O)NC1CCCCC1.Cc1cc(/C(N)=N/N(C)N)cc(C(=O)NCc2cccc(CO)c2)n1. The molecule has 1 atom stereocenters. The van der Waals surface area contributed by atoms with E-state index >= 15 is 0 Å². The maximum absolute atomic E-state index is 12.4. The summed E-state index contributed by atoms with van der Waals surface area (Å²) in [7, 11) is 0.738. The zero-order chi connectivity index (χ0) is 25.8. The van der Waals surface area contributed by atoms with Crippen LogP contribution in [0, 0.1) is 6.92 Å². The summed E-state index contributed by atoms with van der Waals surface area (Å²) in [6.07, 6.45) is 8.08. The molecule has 1 aromatic heterocycles. The van der Waals surface area contributed by atoms with Crippen LogP contribution in [0.1, 0.15) is 65.0 Å². The van der Waals surface area contributed by atoms with Crippen molar-refractivity contribution in [1.82, 2.24) is 20.1 Å².